The van der Waals surface area contributed by atoms with Crippen LogP contribution in [0.15, 0.2) is 12.2 Å². The summed E-state index contributed by atoms with van der Waals surface area (Å²) in [5, 5.41) is 0. The number of phosphoric ester groups is 1. The van der Waals surface area contributed by atoms with Crippen LogP contribution >= 0.6 is 7.82 Å². The summed E-state index contributed by atoms with van der Waals surface area (Å²) in [5.41, 5.74) is 0. The number of hydrogen-bond acceptors (Lipinski definition) is 4. The van der Waals surface area contributed by atoms with Crippen LogP contribution in [-0.4, -0.2) is 18.8 Å². The highest BCUT2D eigenvalue weighted by Gasteiger charge is 2.29. The van der Waals surface area contributed by atoms with Gasteiger partial charge in [0.15, 0.2) is 0 Å². The van der Waals surface area contributed by atoms with Gasteiger partial charge in [0.05, 0.1) is 18.8 Å². The molecule has 1 saturated carbocycles. The Morgan fingerprint density at radius 1 is 1.05 bits per heavy atom. The summed E-state index contributed by atoms with van der Waals surface area (Å²) in [6, 6.07) is 0. The van der Waals surface area contributed by atoms with E-state index in [9.17, 15) is 4.57 Å². The highest BCUT2D eigenvalue weighted by atomic mass is 31.2. The Balaban J connectivity index is 2.41. The Hall–Kier alpha value is -0.150. The van der Waals surface area contributed by atoms with Gasteiger partial charge in [-0.1, -0.05) is 31.4 Å². The van der Waals surface area contributed by atoms with E-state index in [0.29, 0.717) is 5.92 Å². The molecule has 0 radical (unpaired) electrons. The van der Waals surface area contributed by atoms with Crippen molar-refractivity contribution in [1.29, 1.82) is 0 Å². The van der Waals surface area contributed by atoms with Crippen molar-refractivity contribution >= 4 is 7.82 Å². The highest BCUT2D eigenvalue weighted by molar-refractivity contribution is 7.48. The molecular formula is C15H29O4P. The van der Waals surface area contributed by atoms with Crippen molar-refractivity contribution < 1.29 is 18.1 Å². The normalized spacial score (nSPS) is 18.5. The quantitative estimate of drug-likeness (QED) is 0.462. The summed E-state index contributed by atoms with van der Waals surface area (Å²) in [4.78, 5) is 0. The van der Waals surface area contributed by atoms with Gasteiger partial charge in [-0.3, -0.25) is 13.6 Å². The van der Waals surface area contributed by atoms with Gasteiger partial charge in [0.2, 0.25) is 0 Å². The third-order valence-electron chi connectivity index (χ3n) is 3.07. The molecule has 0 N–H and O–H groups in total. The zero-order valence-electron chi connectivity index (χ0n) is 13.2. The van der Waals surface area contributed by atoms with Gasteiger partial charge in [0.1, 0.15) is 0 Å². The molecule has 0 aliphatic heterocycles. The van der Waals surface area contributed by atoms with Crippen LogP contribution in [0.5, 0.6) is 0 Å². The minimum absolute atomic E-state index is 0.193. The average molecular weight is 304 g/mol. The third-order valence-corrected chi connectivity index (χ3v) is 4.89. The van der Waals surface area contributed by atoms with E-state index < -0.39 is 7.82 Å². The third kappa shape index (κ3) is 7.58. The van der Waals surface area contributed by atoms with Gasteiger partial charge < -0.3 is 0 Å². The van der Waals surface area contributed by atoms with Gasteiger partial charge in [-0.05, 0) is 46.5 Å². The van der Waals surface area contributed by atoms with Crippen LogP contribution < -0.4 is 0 Å². The van der Waals surface area contributed by atoms with Crippen molar-refractivity contribution in [2.75, 3.05) is 6.61 Å². The second-order valence-electron chi connectivity index (χ2n) is 5.88. The second kappa shape index (κ2) is 8.99. The van der Waals surface area contributed by atoms with E-state index in [1.165, 1.54) is 32.1 Å². The molecule has 0 saturated heterocycles. The fourth-order valence-electron chi connectivity index (χ4n) is 2.31. The summed E-state index contributed by atoms with van der Waals surface area (Å²) >= 11 is 0. The minimum Gasteiger partial charge on any atom is -0.284 e. The molecule has 1 rings (SSSR count). The van der Waals surface area contributed by atoms with Crippen molar-refractivity contribution in [2.24, 2.45) is 5.92 Å². The standard InChI is InChI=1S/C15H29O4P/c1-13(2)18-20(16,19-14(3)4)17-12-8-11-15-9-6-5-7-10-15/h8,11,13-15H,5-7,9-10,12H2,1-4H3/b11-8+. The van der Waals surface area contributed by atoms with Crippen LogP contribution in [0.3, 0.4) is 0 Å². The minimum atomic E-state index is -3.45. The molecule has 4 nitrogen and oxygen atoms in total. The Kier molecular flexibility index (Phi) is 8.04. The molecule has 118 valence electrons. The van der Waals surface area contributed by atoms with Crippen LogP contribution in [0.1, 0.15) is 59.8 Å². The molecule has 5 heteroatoms. The number of phosphoric acid groups is 1. The second-order valence-corrected chi connectivity index (χ2v) is 7.45. The molecule has 0 unspecified atom stereocenters. The van der Waals surface area contributed by atoms with Crippen molar-refractivity contribution in [3.05, 3.63) is 12.2 Å². The first-order valence-corrected chi connectivity index (χ1v) is 9.15. The predicted molar refractivity (Wildman–Crippen MR) is 81.7 cm³/mol. The molecule has 0 aromatic heterocycles. The van der Waals surface area contributed by atoms with Crippen LogP contribution in [0, 0.1) is 5.92 Å². The predicted octanol–water partition coefficient (Wildman–Crippen LogP) is 5.10. The summed E-state index contributed by atoms with van der Waals surface area (Å²) < 4.78 is 28.4. The monoisotopic (exact) mass is 304 g/mol. The zero-order chi connectivity index (χ0) is 15.0. The molecule has 1 fully saturated rings. The van der Waals surface area contributed by atoms with Crippen LogP contribution in [-0.2, 0) is 18.1 Å². The van der Waals surface area contributed by atoms with Crippen LogP contribution in [0.2, 0.25) is 0 Å². The van der Waals surface area contributed by atoms with E-state index in [-0.39, 0.29) is 18.8 Å². The van der Waals surface area contributed by atoms with Crippen molar-refractivity contribution in [1.82, 2.24) is 0 Å². The molecule has 0 aromatic carbocycles. The average Bonchev–Trinajstić information content (AvgIpc) is 2.34. The molecule has 0 bridgehead atoms. The van der Waals surface area contributed by atoms with Crippen LogP contribution in [0.25, 0.3) is 0 Å². The van der Waals surface area contributed by atoms with E-state index >= 15 is 0 Å². The molecule has 1 aliphatic carbocycles. The van der Waals surface area contributed by atoms with Gasteiger partial charge in [-0.15, -0.1) is 0 Å². The van der Waals surface area contributed by atoms with Gasteiger partial charge in [0, 0.05) is 0 Å². The fourth-order valence-corrected chi connectivity index (χ4v) is 3.78. The maximum absolute atomic E-state index is 12.4. The lowest BCUT2D eigenvalue weighted by Gasteiger charge is -2.21. The fraction of sp³-hybridized carbons (Fsp3) is 0.867. The molecule has 0 amide bonds. The number of hydrogen-bond donors (Lipinski definition) is 0. The molecule has 0 aromatic rings. The van der Waals surface area contributed by atoms with Gasteiger partial charge >= 0.3 is 7.82 Å². The smallest absolute Gasteiger partial charge is 0.284 e. The summed E-state index contributed by atoms with van der Waals surface area (Å²) in [7, 11) is -3.45. The van der Waals surface area contributed by atoms with E-state index in [0.717, 1.165) is 0 Å². The van der Waals surface area contributed by atoms with Crippen molar-refractivity contribution in [3.63, 3.8) is 0 Å². The highest BCUT2D eigenvalue weighted by Crippen LogP contribution is 2.51. The summed E-state index contributed by atoms with van der Waals surface area (Å²) in [5.74, 6) is 0.642. The zero-order valence-corrected chi connectivity index (χ0v) is 14.1. The number of allylic oxidation sites excluding steroid dienone is 1. The lowest BCUT2D eigenvalue weighted by molar-refractivity contribution is 0.0781. The Bertz CT molecular complexity index is 319. The Morgan fingerprint density at radius 3 is 2.10 bits per heavy atom. The maximum Gasteiger partial charge on any atom is 0.475 e. The SMILES string of the molecule is CC(C)OP(=O)(OC/C=C/C1CCCCC1)OC(C)C. The van der Waals surface area contributed by atoms with Crippen molar-refractivity contribution in [2.45, 2.75) is 72.0 Å². The molecule has 0 spiro atoms. The maximum atomic E-state index is 12.4. The molecular weight excluding hydrogens is 275 g/mol. The molecule has 0 atom stereocenters. The first kappa shape index (κ1) is 17.9. The lowest BCUT2D eigenvalue weighted by atomic mass is 9.89. The molecule has 0 heterocycles. The first-order valence-electron chi connectivity index (χ1n) is 7.69. The van der Waals surface area contributed by atoms with E-state index in [2.05, 4.69) is 6.08 Å². The van der Waals surface area contributed by atoms with Crippen molar-refractivity contribution in [3.8, 4) is 0 Å². The van der Waals surface area contributed by atoms with Crippen LogP contribution in [0.4, 0.5) is 0 Å². The Morgan fingerprint density at radius 2 is 1.60 bits per heavy atom. The van der Waals surface area contributed by atoms with Gasteiger partial charge in [-0.25, -0.2) is 4.57 Å². The number of rotatable bonds is 8. The first-order chi connectivity index (χ1) is 9.41. The molecule has 1 aliphatic rings. The van der Waals surface area contributed by atoms with Gasteiger partial charge in [-0.2, -0.15) is 0 Å². The van der Waals surface area contributed by atoms with E-state index in [1.807, 2.05) is 33.8 Å². The lowest BCUT2D eigenvalue weighted by Crippen LogP contribution is -2.10. The summed E-state index contributed by atoms with van der Waals surface area (Å²) in [6.07, 6.45) is 10.2. The molecule has 20 heavy (non-hydrogen) atoms. The largest absolute Gasteiger partial charge is 0.475 e. The van der Waals surface area contributed by atoms with Gasteiger partial charge in [0.25, 0.3) is 0 Å². The van der Waals surface area contributed by atoms with E-state index in [1.54, 1.807) is 0 Å². The Labute approximate surface area is 123 Å². The topological polar surface area (TPSA) is 44.8 Å². The summed E-state index contributed by atoms with van der Waals surface area (Å²) in [6.45, 7) is 7.54. The van der Waals surface area contributed by atoms with E-state index in [4.69, 9.17) is 13.6 Å².